The fraction of sp³-hybridized carbons (Fsp3) is 1.00. The molecule has 1 saturated carbocycles. The fourth-order valence-electron chi connectivity index (χ4n) is 1.92. The molecule has 1 rings (SSSR count). The maximum atomic E-state index is 10.0. The van der Waals surface area contributed by atoms with E-state index in [1.807, 2.05) is 6.92 Å². The van der Waals surface area contributed by atoms with Gasteiger partial charge < -0.3 is 10.4 Å². The zero-order chi connectivity index (χ0) is 10.1. The first-order valence-electron chi connectivity index (χ1n) is 5.42. The van der Waals surface area contributed by atoms with Crippen molar-refractivity contribution in [3.8, 4) is 0 Å². The summed E-state index contributed by atoms with van der Waals surface area (Å²) in [7, 11) is 0. The van der Waals surface area contributed by atoms with Crippen molar-refractivity contribution in [1.82, 2.24) is 5.32 Å². The lowest BCUT2D eigenvalue weighted by atomic mass is 9.97. The molecular formula is C11H23NO. The largest absolute Gasteiger partial charge is 0.389 e. The first-order chi connectivity index (χ1) is 5.93. The van der Waals surface area contributed by atoms with Crippen LogP contribution in [0.1, 0.15) is 47.0 Å². The SMILES string of the molecule is CC(C)C(C)NC1CCCC1(C)O. The molecule has 0 heterocycles. The van der Waals surface area contributed by atoms with Crippen LogP contribution in [0.25, 0.3) is 0 Å². The lowest BCUT2D eigenvalue weighted by Gasteiger charge is -2.31. The van der Waals surface area contributed by atoms with Crippen LogP contribution < -0.4 is 5.32 Å². The zero-order valence-electron chi connectivity index (χ0n) is 9.30. The van der Waals surface area contributed by atoms with Gasteiger partial charge in [0.2, 0.25) is 0 Å². The third-order valence-electron chi connectivity index (χ3n) is 3.39. The molecule has 0 saturated heterocycles. The highest BCUT2D eigenvalue weighted by Crippen LogP contribution is 2.29. The predicted molar refractivity (Wildman–Crippen MR) is 55.7 cm³/mol. The van der Waals surface area contributed by atoms with E-state index in [-0.39, 0.29) is 0 Å². The van der Waals surface area contributed by atoms with Crippen molar-refractivity contribution in [2.75, 3.05) is 0 Å². The van der Waals surface area contributed by atoms with Crippen molar-refractivity contribution in [2.45, 2.75) is 64.6 Å². The number of hydrogen-bond acceptors (Lipinski definition) is 2. The minimum Gasteiger partial charge on any atom is -0.389 e. The van der Waals surface area contributed by atoms with Crippen LogP contribution in [0.3, 0.4) is 0 Å². The highest BCUT2D eigenvalue weighted by Gasteiger charge is 2.37. The molecule has 0 spiro atoms. The van der Waals surface area contributed by atoms with Gasteiger partial charge in [-0.15, -0.1) is 0 Å². The Labute approximate surface area is 81.7 Å². The molecular weight excluding hydrogens is 162 g/mol. The summed E-state index contributed by atoms with van der Waals surface area (Å²) in [5.41, 5.74) is -0.483. The van der Waals surface area contributed by atoms with Crippen molar-refractivity contribution in [1.29, 1.82) is 0 Å². The molecule has 1 aliphatic rings. The van der Waals surface area contributed by atoms with E-state index in [4.69, 9.17) is 0 Å². The van der Waals surface area contributed by atoms with Gasteiger partial charge in [0, 0.05) is 12.1 Å². The third-order valence-corrected chi connectivity index (χ3v) is 3.39. The summed E-state index contributed by atoms with van der Waals surface area (Å²) in [6, 6.07) is 0.791. The first kappa shape index (κ1) is 11.0. The molecule has 0 aromatic rings. The minimum absolute atomic E-state index is 0.296. The van der Waals surface area contributed by atoms with Crippen LogP contribution in [0, 0.1) is 5.92 Å². The van der Waals surface area contributed by atoms with Crippen LogP contribution in [0.15, 0.2) is 0 Å². The molecule has 0 bridgehead atoms. The fourth-order valence-corrected chi connectivity index (χ4v) is 1.92. The normalized spacial score (nSPS) is 36.9. The van der Waals surface area contributed by atoms with Gasteiger partial charge in [-0.1, -0.05) is 13.8 Å². The second-order valence-electron chi connectivity index (χ2n) is 5.00. The van der Waals surface area contributed by atoms with Gasteiger partial charge in [-0.05, 0) is 39.0 Å². The maximum absolute atomic E-state index is 10.0. The molecule has 2 N–H and O–H groups in total. The number of hydrogen-bond donors (Lipinski definition) is 2. The summed E-state index contributed by atoms with van der Waals surface area (Å²) >= 11 is 0. The average molecular weight is 185 g/mol. The van der Waals surface area contributed by atoms with Crippen LogP contribution in [0.5, 0.6) is 0 Å². The van der Waals surface area contributed by atoms with Crippen LogP contribution in [-0.4, -0.2) is 22.8 Å². The van der Waals surface area contributed by atoms with E-state index in [0.717, 1.165) is 19.3 Å². The molecule has 2 heteroatoms. The Morgan fingerprint density at radius 2 is 2.00 bits per heavy atom. The Balaban J connectivity index is 2.45. The summed E-state index contributed by atoms with van der Waals surface area (Å²) in [5, 5.41) is 13.5. The molecule has 3 unspecified atom stereocenters. The minimum atomic E-state index is -0.483. The summed E-state index contributed by atoms with van der Waals surface area (Å²) in [6.45, 7) is 8.56. The molecule has 1 aliphatic carbocycles. The number of rotatable bonds is 3. The van der Waals surface area contributed by atoms with E-state index in [9.17, 15) is 5.11 Å². The molecule has 78 valence electrons. The average Bonchev–Trinajstić information content (AvgIpc) is 2.30. The second-order valence-corrected chi connectivity index (χ2v) is 5.00. The maximum Gasteiger partial charge on any atom is 0.0772 e. The van der Waals surface area contributed by atoms with Gasteiger partial charge >= 0.3 is 0 Å². The van der Waals surface area contributed by atoms with Crippen molar-refractivity contribution < 1.29 is 5.11 Å². The molecule has 0 radical (unpaired) electrons. The third kappa shape index (κ3) is 2.68. The van der Waals surface area contributed by atoms with Crippen LogP contribution >= 0.6 is 0 Å². The molecule has 0 aromatic carbocycles. The molecule has 3 atom stereocenters. The first-order valence-corrected chi connectivity index (χ1v) is 5.42. The van der Waals surface area contributed by atoms with Gasteiger partial charge in [-0.3, -0.25) is 0 Å². The summed E-state index contributed by atoms with van der Waals surface area (Å²) in [4.78, 5) is 0. The van der Waals surface area contributed by atoms with E-state index in [2.05, 4.69) is 26.1 Å². The molecule has 1 fully saturated rings. The Bertz CT molecular complexity index is 165. The van der Waals surface area contributed by atoms with Crippen LogP contribution in [0.2, 0.25) is 0 Å². The van der Waals surface area contributed by atoms with Gasteiger partial charge in [0.25, 0.3) is 0 Å². The molecule has 0 amide bonds. The molecule has 2 nitrogen and oxygen atoms in total. The predicted octanol–water partition coefficient (Wildman–Crippen LogP) is 1.92. The van der Waals surface area contributed by atoms with E-state index in [1.165, 1.54) is 0 Å². The smallest absolute Gasteiger partial charge is 0.0772 e. The van der Waals surface area contributed by atoms with E-state index in [1.54, 1.807) is 0 Å². The molecule has 0 aromatic heterocycles. The van der Waals surface area contributed by atoms with Crippen LogP contribution in [0.4, 0.5) is 0 Å². The Morgan fingerprint density at radius 1 is 1.38 bits per heavy atom. The van der Waals surface area contributed by atoms with Crippen molar-refractivity contribution in [3.63, 3.8) is 0 Å². The highest BCUT2D eigenvalue weighted by atomic mass is 16.3. The second kappa shape index (κ2) is 3.97. The lowest BCUT2D eigenvalue weighted by Crippen LogP contribution is -2.49. The van der Waals surface area contributed by atoms with Gasteiger partial charge in [0.05, 0.1) is 5.60 Å². The Morgan fingerprint density at radius 3 is 2.38 bits per heavy atom. The van der Waals surface area contributed by atoms with Crippen molar-refractivity contribution in [3.05, 3.63) is 0 Å². The van der Waals surface area contributed by atoms with Crippen molar-refractivity contribution >= 4 is 0 Å². The lowest BCUT2D eigenvalue weighted by molar-refractivity contribution is 0.0339. The van der Waals surface area contributed by atoms with Gasteiger partial charge in [-0.25, -0.2) is 0 Å². The highest BCUT2D eigenvalue weighted by molar-refractivity contribution is 4.94. The standard InChI is InChI=1S/C11H23NO/c1-8(2)9(3)12-10-6-5-7-11(10,4)13/h8-10,12-13H,5-7H2,1-4H3. The number of nitrogens with one attached hydrogen (secondary N) is 1. The summed E-state index contributed by atoms with van der Waals surface area (Å²) in [6.07, 6.45) is 3.20. The molecule has 0 aliphatic heterocycles. The quantitative estimate of drug-likeness (QED) is 0.704. The molecule has 13 heavy (non-hydrogen) atoms. The van der Waals surface area contributed by atoms with E-state index in [0.29, 0.717) is 18.0 Å². The zero-order valence-corrected chi connectivity index (χ0v) is 9.30. The van der Waals surface area contributed by atoms with Gasteiger partial charge in [0.1, 0.15) is 0 Å². The Hall–Kier alpha value is -0.0800. The Kier molecular flexibility index (Phi) is 3.36. The van der Waals surface area contributed by atoms with Gasteiger partial charge in [0.15, 0.2) is 0 Å². The summed E-state index contributed by atoms with van der Waals surface area (Å²) < 4.78 is 0. The van der Waals surface area contributed by atoms with Crippen molar-refractivity contribution in [2.24, 2.45) is 5.92 Å². The topological polar surface area (TPSA) is 32.3 Å². The van der Waals surface area contributed by atoms with Crippen LogP contribution in [-0.2, 0) is 0 Å². The van der Waals surface area contributed by atoms with Gasteiger partial charge in [-0.2, -0.15) is 0 Å². The van der Waals surface area contributed by atoms with E-state index >= 15 is 0 Å². The van der Waals surface area contributed by atoms with E-state index < -0.39 is 5.60 Å². The summed E-state index contributed by atoms with van der Waals surface area (Å²) in [5.74, 6) is 0.636. The number of aliphatic hydroxyl groups is 1. The monoisotopic (exact) mass is 185 g/mol.